The molecule has 0 spiro atoms. The molecule has 18 heavy (non-hydrogen) atoms. The quantitative estimate of drug-likeness (QED) is 0.838. The molecule has 96 valence electrons. The third-order valence-electron chi connectivity index (χ3n) is 3.32. The van der Waals surface area contributed by atoms with Gasteiger partial charge in [-0.1, -0.05) is 23.7 Å². The Morgan fingerprint density at radius 2 is 2.33 bits per heavy atom. The molecule has 1 aliphatic heterocycles. The van der Waals surface area contributed by atoms with Crippen molar-refractivity contribution in [3.05, 3.63) is 29.3 Å². The van der Waals surface area contributed by atoms with Crippen LogP contribution in [0, 0.1) is 11.3 Å². The molecule has 0 radical (unpaired) electrons. The lowest BCUT2D eigenvalue weighted by Gasteiger charge is -2.22. The minimum atomic E-state index is 0.172. The Labute approximate surface area is 113 Å². The van der Waals surface area contributed by atoms with Crippen molar-refractivity contribution in [2.45, 2.75) is 31.9 Å². The fourth-order valence-corrected chi connectivity index (χ4v) is 2.41. The Hall–Kier alpha value is -1.24. The van der Waals surface area contributed by atoms with Gasteiger partial charge in [-0.3, -0.25) is 4.90 Å². The van der Waals surface area contributed by atoms with Crippen LogP contribution in [0.5, 0.6) is 5.75 Å². The van der Waals surface area contributed by atoms with Gasteiger partial charge in [-0.2, -0.15) is 5.26 Å². The van der Waals surface area contributed by atoms with E-state index in [9.17, 15) is 0 Å². The molecule has 0 aliphatic carbocycles. The molecule has 0 bridgehead atoms. The number of hydrogen-bond acceptors (Lipinski definition) is 3. The van der Waals surface area contributed by atoms with Crippen LogP contribution >= 0.6 is 11.6 Å². The van der Waals surface area contributed by atoms with Crippen LogP contribution in [0.15, 0.2) is 24.3 Å². The molecular weight excluding hydrogens is 248 g/mol. The number of halogens is 1. The Balaban J connectivity index is 1.90. The molecule has 0 N–H and O–H groups in total. The SMILES string of the molecule is C[C@@H](CC#N)N1CC[C@H](Oc2ccccc2Cl)C1. The molecule has 1 heterocycles. The summed E-state index contributed by atoms with van der Waals surface area (Å²) < 4.78 is 5.91. The normalized spacial score (nSPS) is 21.5. The van der Waals surface area contributed by atoms with E-state index in [2.05, 4.69) is 17.9 Å². The molecule has 1 saturated heterocycles. The van der Waals surface area contributed by atoms with Crippen LogP contribution in [0.3, 0.4) is 0 Å². The van der Waals surface area contributed by atoms with E-state index in [0.29, 0.717) is 17.5 Å². The standard InChI is InChI=1S/C14H17ClN2O/c1-11(6-8-16)17-9-7-12(10-17)18-14-5-3-2-4-13(14)15/h2-5,11-12H,6-7,9-10H2,1H3/t11-,12-/m0/s1. The highest BCUT2D eigenvalue weighted by atomic mass is 35.5. The third-order valence-corrected chi connectivity index (χ3v) is 3.63. The number of para-hydroxylation sites is 1. The fraction of sp³-hybridized carbons (Fsp3) is 0.500. The van der Waals surface area contributed by atoms with Gasteiger partial charge >= 0.3 is 0 Å². The summed E-state index contributed by atoms with van der Waals surface area (Å²) in [6.45, 7) is 3.94. The lowest BCUT2D eigenvalue weighted by atomic mass is 10.2. The zero-order chi connectivity index (χ0) is 13.0. The summed E-state index contributed by atoms with van der Waals surface area (Å²) in [5, 5.41) is 9.36. The maximum atomic E-state index is 8.71. The minimum absolute atomic E-state index is 0.172. The first kappa shape index (κ1) is 13.2. The van der Waals surface area contributed by atoms with Crippen molar-refractivity contribution in [2.75, 3.05) is 13.1 Å². The van der Waals surface area contributed by atoms with E-state index in [0.717, 1.165) is 25.3 Å². The average molecular weight is 265 g/mol. The van der Waals surface area contributed by atoms with Crippen LogP contribution in [0.25, 0.3) is 0 Å². The zero-order valence-electron chi connectivity index (χ0n) is 10.5. The van der Waals surface area contributed by atoms with E-state index < -0.39 is 0 Å². The highest BCUT2D eigenvalue weighted by Crippen LogP contribution is 2.27. The molecule has 1 aliphatic rings. The Bertz CT molecular complexity index is 444. The smallest absolute Gasteiger partial charge is 0.138 e. The number of nitrogens with zero attached hydrogens (tertiary/aromatic N) is 2. The number of hydrogen-bond donors (Lipinski definition) is 0. The predicted octanol–water partition coefficient (Wildman–Crippen LogP) is 3.10. The molecule has 0 saturated carbocycles. The molecule has 4 heteroatoms. The van der Waals surface area contributed by atoms with E-state index in [1.165, 1.54) is 0 Å². The molecule has 1 aromatic rings. The van der Waals surface area contributed by atoms with Crippen molar-refractivity contribution in [3.8, 4) is 11.8 Å². The lowest BCUT2D eigenvalue weighted by Crippen LogP contribution is -2.32. The van der Waals surface area contributed by atoms with Gasteiger partial charge in [-0.25, -0.2) is 0 Å². The van der Waals surface area contributed by atoms with Crippen LogP contribution in [0.1, 0.15) is 19.8 Å². The lowest BCUT2D eigenvalue weighted by molar-refractivity contribution is 0.183. The largest absolute Gasteiger partial charge is 0.487 e. The highest BCUT2D eigenvalue weighted by molar-refractivity contribution is 6.32. The molecule has 2 rings (SSSR count). The summed E-state index contributed by atoms with van der Waals surface area (Å²) in [5.41, 5.74) is 0. The predicted molar refractivity (Wildman–Crippen MR) is 71.8 cm³/mol. The van der Waals surface area contributed by atoms with Crippen molar-refractivity contribution in [1.29, 1.82) is 5.26 Å². The first-order valence-corrected chi connectivity index (χ1v) is 6.60. The summed E-state index contributed by atoms with van der Waals surface area (Å²) in [6.07, 6.45) is 1.73. The maximum absolute atomic E-state index is 8.71. The molecule has 0 aromatic heterocycles. The van der Waals surface area contributed by atoms with Crippen LogP contribution in [-0.4, -0.2) is 30.1 Å². The first-order valence-electron chi connectivity index (χ1n) is 6.23. The van der Waals surface area contributed by atoms with Crippen molar-refractivity contribution >= 4 is 11.6 Å². The molecule has 0 unspecified atom stereocenters. The molecule has 1 fully saturated rings. The van der Waals surface area contributed by atoms with Crippen molar-refractivity contribution < 1.29 is 4.74 Å². The second-order valence-corrected chi connectivity index (χ2v) is 5.07. The number of likely N-dealkylation sites (tertiary alicyclic amines) is 1. The Kier molecular flexibility index (Phi) is 4.46. The molecule has 2 atom stereocenters. The number of benzene rings is 1. The van der Waals surface area contributed by atoms with Gasteiger partial charge in [0, 0.05) is 19.1 Å². The highest BCUT2D eigenvalue weighted by Gasteiger charge is 2.27. The second-order valence-electron chi connectivity index (χ2n) is 4.67. The van der Waals surface area contributed by atoms with Crippen LogP contribution < -0.4 is 4.74 Å². The van der Waals surface area contributed by atoms with E-state index in [1.54, 1.807) is 0 Å². The summed E-state index contributed by atoms with van der Waals surface area (Å²) in [7, 11) is 0. The van der Waals surface area contributed by atoms with Gasteiger partial charge in [0.2, 0.25) is 0 Å². The van der Waals surface area contributed by atoms with Crippen LogP contribution in [0.2, 0.25) is 5.02 Å². The Morgan fingerprint density at radius 3 is 3.06 bits per heavy atom. The summed E-state index contributed by atoms with van der Waals surface area (Å²) in [5.74, 6) is 0.749. The van der Waals surface area contributed by atoms with Crippen LogP contribution in [0.4, 0.5) is 0 Å². The molecule has 0 amide bonds. The molecule has 3 nitrogen and oxygen atoms in total. The first-order chi connectivity index (χ1) is 8.70. The van der Waals surface area contributed by atoms with Gasteiger partial charge in [0.1, 0.15) is 11.9 Å². The second kappa shape index (κ2) is 6.08. The van der Waals surface area contributed by atoms with Gasteiger partial charge < -0.3 is 4.74 Å². The van der Waals surface area contributed by atoms with Gasteiger partial charge in [0.25, 0.3) is 0 Å². The summed E-state index contributed by atoms with van der Waals surface area (Å²) >= 11 is 6.07. The van der Waals surface area contributed by atoms with Gasteiger partial charge in [0.15, 0.2) is 0 Å². The van der Waals surface area contributed by atoms with E-state index in [4.69, 9.17) is 21.6 Å². The maximum Gasteiger partial charge on any atom is 0.138 e. The van der Waals surface area contributed by atoms with Gasteiger partial charge in [-0.05, 0) is 25.5 Å². The van der Waals surface area contributed by atoms with Crippen molar-refractivity contribution in [1.82, 2.24) is 4.90 Å². The van der Waals surface area contributed by atoms with Gasteiger partial charge in [0.05, 0.1) is 17.5 Å². The van der Waals surface area contributed by atoms with Crippen LogP contribution in [-0.2, 0) is 0 Å². The van der Waals surface area contributed by atoms with E-state index >= 15 is 0 Å². The van der Waals surface area contributed by atoms with Crippen molar-refractivity contribution in [2.24, 2.45) is 0 Å². The summed E-state index contributed by atoms with van der Waals surface area (Å²) in [4.78, 5) is 2.30. The molecular formula is C14H17ClN2O. The number of ether oxygens (including phenoxy) is 1. The van der Waals surface area contributed by atoms with E-state index in [-0.39, 0.29) is 6.10 Å². The number of rotatable bonds is 4. The third kappa shape index (κ3) is 3.16. The van der Waals surface area contributed by atoms with Gasteiger partial charge in [-0.15, -0.1) is 0 Å². The average Bonchev–Trinajstić information content (AvgIpc) is 2.81. The Morgan fingerprint density at radius 1 is 1.56 bits per heavy atom. The minimum Gasteiger partial charge on any atom is -0.487 e. The topological polar surface area (TPSA) is 36.3 Å². The fourth-order valence-electron chi connectivity index (χ4n) is 2.23. The zero-order valence-corrected chi connectivity index (χ0v) is 11.2. The van der Waals surface area contributed by atoms with Crippen molar-refractivity contribution in [3.63, 3.8) is 0 Å². The number of nitriles is 1. The molecule has 1 aromatic carbocycles. The summed E-state index contributed by atoms with van der Waals surface area (Å²) in [6, 6.07) is 10.1. The van der Waals surface area contributed by atoms with E-state index in [1.807, 2.05) is 24.3 Å². The monoisotopic (exact) mass is 264 g/mol.